The summed E-state index contributed by atoms with van der Waals surface area (Å²) in [6.45, 7) is 6.24. The maximum atomic E-state index is 5.35. The Hall–Kier alpha value is -2.62. The first-order chi connectivity index (χ1) is 11.7. The highest BCUT2D eigenvalue weighted by Gasteiger charge is 2.25. The molecule has 1 aliphatic rings. The molecule has 1 aromatic carbocycles. The monoisotopic (exact) mass is 319 g/mol. The lowest BCUT2D eigenvalue weighted by molar-refractivity contribution is 0.412. The van der Waals surface area contributed by atoms with E-state index in [1.807, 2.05) is 22.7 Å². The zero-order valence-electron chi connectivity index (χ0n) is 14.1. The summed E-state index contributed by atoms with van der Waals surface area (Å²) in [7, 11) is 1.69. The summed E-state index contributed by atoms with van der Waals surface area (Å²) in [5.74, 6) is 2.43. The smallest absolute Gasteiger partial charge is 0.156 e. The van der Waals surface area contributed by atoms with Gasteiger partial charge in [0.2, 0.25) is 0 Å². The van der Waals surface area contributed by atoms with E-state index in [1.165, 1.54) is 18.4 Å². The number of rotatable bonds is 5. The van der Waals surface area contributed by atoms with E-state index >= 15 is 0 Å². The van der Waals surface area contributed by atoms with E-state index in [0.717, 1.165) is 40.5 Å². The van der Waals surface area contributed by atoms with Gasteiger partial charge >= 0.3 is 0 Å². The number of ether oxygens (including phenoxy) is 1. The minimum Gasteiger partial charge on any atom is -0.496 e. The molecule has 24 heavy (non-hydrogen) atoms. The lowest BCUT2D eigenvalue weighted by Gasteiger charge is -2.08. The Morgan fingerprint density at radius 1 is 1.29 bits per heavy atom. The van der Waals surface area contributed by atoms with E-state index in [2.05, 4.69) is 36.7 Å². The Labute approximate surface area is 141 Å². The maximum Gasteiger partial charge on any atom is 0.156 e. The molecule has 2 aromatic heterocycles. The van der Waals surface area contributed by atoms with Crippen molar-refractivity contribution in [3.8, 4) is 17.0 Å². The van der Waals surface area contributed by atoms with Gasteiger partial charge in [0, 0.05) is 12.0 Å². The summed E-state index contributed by atoms with van der Waals surface area (Å²) in [5, 5.41) is 4.72. The molecule has 0 saturated heterocycles. The molecule has 4 rings (SSSR count). The van der Waals surface area contributed by atoms with Crippen LogP contribution >= 0.6 is 0 Å². The molecule has 4 nitrogen and oxygen atoms in total. The van der Waals surface area contributed by atoms with Gasteiger partial charge in [-0.05, 0) is 61.6 Å². The molecule has 0 unspecified atom stereocenters. The second kappa shape index (κ2) is 5.78. The third kappa shape index (κ3) is 2.68. The van der Waals surface area contributed by atoms with E-state index < -0.39 is 0 Å². The first kappa shape index (κ1) is 14.9. The zero-order chi connectivity index (χ0) is 16.7. The number of fused-ring (bicyclic) bond motifs is 1. The Bertz CT molecular complexity index is 922. The van der Waals surface area contributed by atoms with E-state index in [9.17, 15) is 0 Å². The molecule has 1 aliphatic carbocycles. The fraction of sp³-hybridized carbons (Fsp3) is 0.300. The molecule has 122 valence electrons. The lowest BCUT2D eigenvalue weighted by atomic mass is 10.1. The van der Waals surface area contributed by atoms with Crippen LogP contribution in [0.5, 0.6) is 5.75 Å². The average Bonchev–Trinajstić information content (AvgIpc) is 3.35. The molecule has 2 heterocycles. The fourth-order valence-electron chi connectivity index (χ4n) is 3.12. The summed E-state index contributed by atoms with van der Waals surface area (Å²) in [4.78, 5) is 4.67. The van der Waals surface area contributed by atoms with Gasteiger partial charge in [-0.1, -0.05) is 18.2 Å². The third-order valence-electron chi connectivity index (χ3n) is 4.63. The van der Waals surface area contributed by atoms with Gasteiger partial charge in [0.25, 0.3) is 0 Å². The maximum absolute atomic E-state index is 5.35. The Balaban J connectivity index is 1.73. The second-order valence-electron chi connectivity index (χ2n) is 6.50. The number of aryl methyl sites for hydroxylation is 1. The van der Waals surface area contributed by atoms with Gasteiger partial charge in [-0.25, -0.2) is 9.50 Å². The molecule has 0 aliphatic heterocycles. The zero-order valence-corrected chi connectivity index (χ0v) is 14.1. The van der Waals surface area contributed by atoms with E-state index in [0.29, 0.717) is 5.92 Å². The Morgan fingerprint density at radius 2 is 2.12 bits per heavy atom. The molecule has 1 fully saturated rings. The highest BCUT2D eigenvalue weighted by atomic mass is 16.5. The van der Waals surface area contributed by atoms with Gasteiger partial charge < -0.3 is 4.74 Å². The standard InChI is InChI=1S/C20H21N3O/c1-13(15-7-8-15)12-19-21-20-6-4-5-17(23(20)22-19)16-9-10-18(24-3)14(2)11-16/h4-6,9-11,15H,1,7-8,12H2,2-3H3. The van der Waals surface area contributed by atoms with E-state index in [1.54, 1.807) is 7.11 Å². The summed E-state index contributed by atoms with van der Waals surface area (Å²) in [6.07, 6.45) is 3.30. The van der Waals surface area contributed by atoms with Crippen LogP contribution in [0.15, 0.2) is 48.6 Å². The van der Waals surface area contributed by atoms with Crippen molar-refractivity contribution in [2.24, 2.45) is 5.92 Å². The first-order valence-electron chi connectivity index (χ1n) is 8.33. The van der Waals surface area contributed by atoms with Crippen molar-refractivity contribution in [1.29, 1.82) is 0 Å². The molecule has 1 saturated carbocycles. The summed E-state index contributed by atoms with van der Waals surface area (Å²) < 4.78 is 7.28. The number of methoxy groups -OCH3 is 1. The number of hydrogen-bond acceptors (Lipinski definition) is 3. The molecule has 0 N–H and O–H groups in total. The second-order valence-corrected chi connectivity index (χ2v) is 6.50. The summed E-state index contributed by atoms with van der Waals surface area (Å²) in [5.41, 5.74) is 5.38. The lowest BCUT2D eigenvalue weighted by Crippen LogP contribution is -1.97. The summed E-state index contributed by atoms with van der Waals surface area (Å²) in [6, 6.07) is 12.3. The highest BCUT2D eigenvalue weighted by molar-refractivity contribution is 5.65. The predicted molar refractivity (Wildman–Crippen MR) is 95.3 cm³/mol. The number of pyridine rings is 1. The van der Waals surface area contributed by atoms with Crippen molar-refractivity contribution in [2.75, 3.05) is 7.11 Å². The summed E-state index contributed by atoms with van der Waals surface area (Å²) >= 11 is 0. The molecular weight excluding hydrogens is 298 g/mol. The van der Waals surface area contributed by atoms with Crippen LogP contribution in [-0.4, -0.2) is 21.7 Å². The van der Waals surface area contributed by atoms with Gasteiger partial charge in [-0.2, -0.15) is 5.10 Å². The van der Waals surface area contributed by atoms with Crippen LogP contribution in [0.25, 0.3) is 16.9 Å². The van der Waals surface area contributed by atoms with Crippen molar-refractivity contribution < 1.29 is 4.74 Å². The Morgan fingerprint density at radius 3 is 2.83 bits per heavy atom. The average molecular weight is 319 g/mol. The minimum atomic E-state index is 0.681. The van der Waals surface area contributed by atoms with Gasteiger partial charge in [-0.3, -0.25) is 0 Å². The van der Waals surface area contributed by atoms with Crippen LogP contribution in [0.1, 0.15) is 24.2 Å². The molecular formula is C20H21N3O. The van der Waals surface area contributed by atoms with Gasteiger partial charge in [0.15, 0.2) is 11.5 Å². The quantitative estimate of drug-likeness (QED) is 0.661. The number of hydrogen-bond donors (Lipinski definition) is 0. The van der Waals surface area contributed by atoms with Gasteiger partial charge in [-0.15, -0.1) is 0 Å². The van der Waals surface area contributed by atoms with Crippen LogP contribution in [0.4, 0.5) is 0 Å². The van der Waals surface area contributed by atoms with E-state index in [4.69, 9.17) is 9.84 Å². The third-order valence-corrected chi connectivity index (χ3v) is 4.63. The van der Waals surface area contributed by atoms with Crippen LogP contribution in [0, 0.1) is 12.8 Å². The van der Waals surface area contributed by atoms with Crippen LogP contribution in [0.2, 0.25) is 0 Å². The van der Waals surface area contributed by atoms with Crippen molar-refractivity contribution in [2.45, 2.75) is 26.2 Å². The van der Waals surface area contributed by atoms with Crippen molar-refractivity contribution in [1.82, 2.24) is 14.6 Å². The van der Waals surface area contributed by atoms with Crippen molar-refractivity contribution >= 4 is 5.65 Å². The van der Waals surface area contributed by atoms with Crippen molar-refractivity contribution in [3.63, 3.8) is 0 Å². The van der Waals surface area contributed by atoms with Crippen LogP contribution in [-0.2, 0) is 6.42 Å². The fourth-order valence-corrected chi connectivity index (χ4v) is 3.12. The van der Waals surface area contributed by atoms with Crippen LogP contribution in [0.3, 0.4) is 0 Å². The molecule has 0 bridgehead atoms. The number of aromatic nitrogens is 3. The van der Waals surface area contributed by atoms with Crippen LogP contribution < -0.4 is 4.74 Å². The molecule has 0 atom stereocenters. The number of nitrogens with zero attached hydrogens (tertiary/aromatic N) is 3. The first-order valence-corrected chi connectivity index (χ1v) is 8.33. The SMILES string of the molecule is C=C(Cc1nc2cccc(-c3ccc(OC)c(C)c3)n2n1)C1CC1. The minimum absolute atomic E-state index is 0.681. The van der Waals surface area contributed by atoms with Gasteiger partial charge in [0.1, 0.15) is 5.75 Å². The molecule has 0 radical (unpaired) electrons. The molecule has 0 amide bonds. The molecule has 4 heteroatoms. The van der Waals surface area contributed by atoms with E-state index in [-0.39, 0.29) is 0 Å². The van der Waals surface area contributed by atoms with Crippen molar-refractivity contribution in [3.05, 3.63) is 59.9 Å². The topological polar surface area (TPSA) is 39.4 Å². The highest BCUT2D eigenvalue weighted by Crippen LogP contribution is 2.36. The normalized spacial score (nSPS) is 14.1. The van der Waals surface area contributed by atoms with Gasteiger partial charge in [0.05, 0.1) is 12.8 Å². The largest absolute Gasteiger partial charge is 0.496 e. The molecule has 0 spiro atoms. The predicted octanol–water partition coefficient (Wildman–Crippen LogP) is 4.22. The Kier molecular flexibility index (Phi) is 3.60. The number of benzene rings is 1. The number of allylic oxidation sites excluding steroid dienone is 1. The molecule has 3 aromatic rings.